The molecule has 5 unspecified atom stereocenters. The molecular weight excluding hydrogens is 448 g/mol. The van der Waals surface area contributed by atoms with Crippen LogP contribution in [0.4, 0.5) is 0 Å². The molecule has 0 saturated heterocycles. The van der Waals surface area contributed by atoms with E-state index in [1.54, 1.807) is 13.8 Å². The van der Waals surface area contributed by atoms with Crippen molar-refractivity contribution in [2.24, 2.45) is 11.7 Å². The van der Waals surface area contributed by atoms with Gasteiger partial charge in [0.05, 0.1) is 12.5 Å². The molecule has 0 aliphatic carbocycles. The number of thiol groups is 1. The van der Waals surface area contributed by atoms with Crippen LogP contribution in [0, 0.1) is 5.92 Å². The molecule has 0 aliphatic rings. The van der Waals surface area contributed by atoms with Gasteiger partial charge in [-0.25, -0.2) is 4.79 Å². The van der Waals surface area contributed by atoms with Crippen molar-refractivity contribution < 1.29 is 44.1 Å². The van der Waals surface area contributed by atoms with Crippen molar-refractivity contribution in [3.05, 3.63) is 0 Å². The number of nitrogens with one attached hydrogen (secondary N) is 3. The number of carbonyl (C=O) groups is 6. The highest BCUT2D eigenvalue weighted by Gasteiger charge is 2.33. The average molecular weight is 479 g/mol. The van der Waals surface area contributed by atoms with Crippen LogP contribution in [0.25, 0.3) is 0 Å². The summed E-state index contributed by atoms with van der Waals surface area (Å²) < 4.78 is 0. The van der Waals surface area contributed by atoms with Crippen LogP contribution >= 0.6 is 12.6 Å². The molecule has 0 aromatic carbocycles. The third-order valence-corrected chi connectivity index (χ3v) is 5.00. The molecule has 8 N–H and O–H groups in total. The summed E-state index contributed by atoms with van der Waals surface area (Å²) >= 11 is 3.86. The molecule has 0 fully saturated rings. The second kappa shape index (κ2) is 14.2. The molecule has 14 heteroatoms. The molecule has 5 atom stereocenters. The molecule has 0 aliphatic heterocycles. The highest BCUT2D eigenvalue weighted by atomic mass is 32.1. The van der Waals surface area contributed by atoms with Gasteiger partial charge in [-0.3, -0.25) is 24.0 Å². The van der Waals surface area contributed by atoms with Crippen molar-refractivity contribution in [1.29, 1.82) is 0 Å². The zero-order valence-electron chi connectivity index (χ0n) is 17.7. The van der Waals surface area contributed by atoms with Crippen LogP contribution in [-0.2, 0) is 28.8 Å². The highest BCUT2D eigenvalue weighted by Crippen LogP contribution is 2.09. The zero-order valence-corrected chi connectivity index (χ0v) is 18.6. The van der Waals surface area contributed by atoms with E-state index in [0.29, 0.717) is 6.42 Å². The lowest BCUT2D eigenvalue weighted by Crippen LogP contribution is -2.58. The van der Waals surface area contributed by atoms with Crippen LogP contribution < -0.4 is 21.7 Å². The van der Waals surface area contributed by atoms with Crippen LogP contribution in [-0.4, -0.2) is 80.9 Å². The van der Waals surface area contributed by atoms with Crippen molar-refractivity contribution in [2.45, 2.75) is 63.7 Å². The summed E-state index contributed by atoms with van der Waals surface area (Å²) in [7, 11) is 0. The predicted octanol–water partition coefficient (Wildman–Crippen LogP) is -1.83. The van der Waals surface area contributed by atoms with Gasteiger partial charge in [0.15, 0.2) is 0 Å². The van der Waals surface area contributed by atoms with E-state index in [4.69, 9.17) is 15.9 Å². The monoisotopic (exact) mass is 478 g/mol. The fourth-order valence-electron chi connectivity index (χ4n) is 2.49. The summed E-state index contributed by atoms with van der Waals surface area (Å²) in [5.41, 5.74) is 5.53. The first-order valence-corrected chi connectivity index (χ1v) is 10.4. The number of aliphatic carboxylic acids is 3. The number of hydrogen-bond acceptors (Lipinski definition) is 8. The van der Waals surface area contributed by atoms with E-state index in [-0.39, 0.29) is 12.2 Å². The maximum absolute atomic E-state index is 12.6. The summed E-state index contributed by atoms with van der Waals surface area (Å²) in [5, 5.41) is 33.9. The van der Waals surface area contributed by atoms with Crippen LogP contribution in [0.5, 0.6) is 0 Å². The first-order valence-electron chi connectivity index (χ1n) is 9.77. The second-order valence-electron chi connectivity index (χ2n) is 7.15. The SMILES string of the molecule is CCC(C)C(NC(=O)C(CC(=O)O)NC(=O)C(CCC(=O)O)NC(=O)C(N)CS)C(=O)O. The Balaban J connectivity index is 5.58. The lowest BCUT2D eigenvalue weighted by atomic mass is 9.98. The van der Waals surface area contributed by atoms with Gasteiger partial charge in [-0.05, 0) is 12.3 Å². The molecule has 13 nitrogen and oxygen atoms in total. The third kappa shape index (κ3) is 10.4. The highest BCUT2D eigenvalue weighted by molar-refractivity contribution is 7.80. The van der Waals surface area contributed by atoms with Gasteiger partial charge in [0.2, 0.25) is 17.7 Å². The molecule has 182 valence electrons. The van der Waals surface area contributed by atoms with Crippen molar-refractivity contribution in [3.8, 4) is 0 Å². The van der Waals surface area contributed by atoms with Gasteiger partial charge in [-0.1, -0.05) is 20.3 Å². The smallest absolute Gasteiger partial charge is 0.326 e. The van der Waals surface area contributed by atoms with Gasteiger partial charge in [0, 0.05) is 12.2 Å². The Morgan fingerprint density at radius 3 is 1.84 bits per heavy atom. The van der Waals surface area contributed by atoms with E-state index in [9.17, 15) is 33.9 Å². The summed E-state index contributed by atoms with van der Waals surface area (Å²) in [4.78, 5) is 70.7. The van der Waals surface area contributed by atoms with E-state index in [0.717, 1.165) is 0 Å². The summed E-state index contributed by atoms with van der Waals surface area (Å²) in [6.07, 6.45) is -1.35. The minimum absolute atomic E-state index is 0.0602. The number of carboxylic acids is 3. The predicted molar refractivity (Wildman–Crippen MR) is 114 cm³/mol. The molecule has 0 rings (SSSR count). The third-order valence-electron chi connectivity index (χ3n) is 4.60. The Morgan fingerprint density at radius 1 is 0.875 bits per heavy atom. The van der Waals surface area contributed by atoms with Crippen LogP contribution in [0.15, 0.2) is 0 Å². The summed E-state index contributed by atoms with van der Waals surface area (Å²) in [6, 6.07) is -5.52. The topological polar surface area (TPSA) is 225 Å². The number of nitrogens with two attached hydrogens (primary N) is 1. The number of carbonyl (C=O) groups excluding carboxylic acids is 3. The molecule has 0 bridgehead atoms. The maximum Gasteiger partial charge on any atom is 0.326 e. The Hall–Kier alpha value is -2.87. The molecule has 32 heavy (non-hydrogen) atoms. The van der Waals surface area contributed by atoms with Crippen molar-refractivity contribution in [1.82, 2.24) is 16.0 Å². The zero-order chi connectivity index (χ0) is 25.0. The van der Waals surface area contributed by atoms with E-state index in [2.05, 4.69) is 28.6 Å². The largest absolute Gasteiger partial charge is 0.481 e. The first-order chi connectivity index (χ1) is 14.8. The van der Waals surface area contributed by atoms with Gasteiger partial charge in [-0.2, -0.15) is 12.6 Å². The van der Waals surface area contributed by atoms with Crippen LogP contribution in [0.1, 0.15) is 39.5 Å². The fraction of sp³-hybridized carbons (Fsp3) is 0.667. The molecule has 0 heterocycles. The van der Waals surface area contributed by atoms with Crippen molar-refractivity contribution >= 4 is 48.3 Å². The Bertz CT molecular complexity index is 719. The second-order valence-corrected chi connectivity index (χ2v) is 7.52. The van der Waals surface area contributed by atoms with Gasteiger partial charge in [0.1, 0.15) is 18.1 Å². The van der Waals surface area contributed by atoms with E-state index >= 15 is 0 Å². The molecule has 0 spiro atoms. The molecule has 0 aromatic heterocycles. The van der Waals surface area contributed by atoms with E-state index in [1.165, 1.54) is 0 Å². The maximum atomic E-state index is 12.6. The Labute approximate surface area is 189 Å². The molecule has 0 saturated carbocycles. The molecule has 3 amide bonds. The molecule has 0 aromatic rings. The number of carboxylic acid groups (broad SMARTS) is 3. The fourth-order valence-corrected chi connectivity index (χ4v) is 2.66. The van der Waals surface area contributed by atoms with Gasteiger partial charge in [-0.15, -0.1) is 0 Å². The first kappa shape index (κ1) is 29.1. The number of rotatable bonds is 15. The summed E-state index contributed by atoms with van der Waals surface area (Å²) in [6.45, 7) is 3.28. The lowest BCUT2D eigenvalue weighted by Gasteiger charge is -2.25. The number of hydrogen-bond donors (Lipinski definition) is 8. The summed E-state index contributed by atoms with van der Waals surface area (Å²) in [5.74, 6) is -7.46. The van der Waals surface area contributed by atoms with Crippen molar-refractivity contribution in [3.63, 3.8) is 0 Å². The minimum Gasteiger partial charge on any atom is -0.481 e. The quantitative estimate of drug-likeness (QED) is 0.123. The molecular formula is C18H30N4O9S. The standard InChI is InChI=1S/C18H30N4O9S/c1-3-8(2)14(18(30)31)22-17(29)11(6-13(25)26)21-16(28)10(4-5-12(23)24)20-15(27)9(19)7-32/h8-11,14,32H,3-7,19H2,1-2H3,(H,20,27)(H,21,28)(H,22,29)(H,23,24)(H,25,26)(H,30,31). The van der Waals surface area contributed by atoms with Crippen molar-refractivity contribution in [2.75, 3.05) is 5.75 Å². The normalized spacial score (nSPS) is 15.4. The van der Waals surface area contributed by atoms with Gasteiger partial charge >= 0.3 is 17.9 Å². The number of amides is 3. The minimum atomic E-state index is -1.67. The van der Waals surface area contributed by atoms with Gasteiger partial charge in [0.25, 0.3) is 0 Å². The Morgan fingerprint density at radius 2 is 1.41 bits per heavy atom. The van der Waals surface area contributed by atoms with Crippen LogP contribution in [0.2, 0.25) is 0 Å². The average Bonchev–Trinajstić information content (AvgIpc) is 2.71. The Kier molecular flexibility index (Phi) is 13.0. The van der Waals surface area contributed by atoms with E-state index in [1.807, 2.05) is 0 Å². The van der Waals surface area contributed by atoms with Gasteiger partial charge < -0.3 is 37.0 Å². The molecule has 0 radical (unpaired) electrons. The van der Waals surface area contributed by atoms with E-state index < -0.39 is 78.6 Å². The van der Waals surface area contributed by atoms with Crippen LogP contribution in [0.3, 0.4) is 0 Å². The lowest BCUT2D eigenvalue weighted by molar-refractivity contribution is -0.144.